The lowest BCUT2D eigenvalue weighted by molar-refractivity contribution is 0.0694. The van der Waals surface area contributed by atoms with E-state index >= 15 is 4.39 Å². The lowest BCUT2D eigenvalue weighted by Gasteiger charge is -2.14. The van der Waals surface area contributed by atoms with Gasteiger partial charge in [-0.2, -0.15) is 0 Å². The first-order chi connectivity index (χ1) is 22.2. The molecular formula is C37H49FN2O5S. The SMILES string of the molecule is CCCCCCCCC/C=C\CCCCCCCNS(=O)(=O)c1ccc(-c2cc3c(cc2F)c(=O)c(C(=O)O)cn3C2CC2)cc1. The van der Waals surface area contributed by atoms with E-state index in [4.69, 9.17) is 0 Å². The molecule has 0 radical (unpaired) electrons. The van der Waals surface area contributed by atoms with Crippen molar-refractivity contribution in [1.29, 1.82) is 0 Å². The number of carboxylic acid groups (broad SMARTS) is 1. The van der Waals surface area contributed by atoms with Crippen molar-refractivity contribution in [1.82, 2.24) is 9.29 Å². The van der Waals surface area contributed by atoms with Crippen molar-refractivity contribution in [2.45, 2.75) is 121 Å². The minimum absolute atomic E-state index is 0.0161. The summed E-state index contributed by atoms with van der Waals surface area (Å²) in [6, 6.07) is 8.68. The second-order valence-electron chi connectivity index (χ2n) is 12.5. The average Bonchev–Trinajstić information content (AvgIpc) is 3.88. The summed E-state index contributed by atoms with van der Waals surface area (Å²) in [5.74, 6) is -2.02. The lowest BCUT2D eigenvalue weighted by atomic mass is 10.0. The summed E-state index contributed by atoms with van der Waals surface area (Å²) in [6.07, 6.45) is 24.4. The molecule has 250 valence electrons. The third-order valence-corrected chi connectivity index (χ3v) is 10.2. The molecule has 2 aromatic carbocycles. The van der Waals surface area contributed by atoms with Crippen LogP contribution in [0.25, 0.3) is 22.0 Å². The number of carbonyl (C=O) groups is 1. The second-order valence-corrected chi connectivity index (χ2v) is 14.3. The molecule has 1 heterocycles. The monoisotopic (exact) mass is 652 g/mol. The van der Waals surface area contributed by atoms with Gasteiger partial charge in [-0.25, -0.2) is 22.3 Å². The number of hydrogen-bond donors (Lipinski definition) is 2. The van der Waals surface area contributed by atoms with Gasteiger partial charge in [0.2, 0.25) is 15.5 Å². The van der Waals surface area contributed by atoms with Crippen molar-refractivity contribution in [2.75, 3.05) is 6.54 Å². The zero-order valence-corrected chi connectivity index (χ0v) is 27.9. The van der Waals surface area contributed by atoms with Gasteiger partial charge in [-0.1, -0.05) is 89.0 Å². The van der Waals surface area contributed by atoms with Crippen LogP contribution in [-0.2, 0) is 10.0 Å². The maximum Gasteiger partial charge on any atom is 0.341 e. The van der Waals surface area contributed by atoms with E-state index in [9.17, 15) is 23.1 Å². The Morgan fingerprint density at radius 2 is 1.50 bits per heavy atom. The molecule has 46 heavy (non-hydrogen) atoms. The van der Waals surface area contributed by atoms with Gasteiger partial charge in [-0.3, -0.25) is 4.79 Å². The van der Waals surface area contributed by atoms with E-state index in [1.54, 1.807) is 22.8 Å². The van der Waals surface area contributed by atoms with E-state index < -0.39 is 27.2 Å². The third kappa shape index (κ3) is 10.1. The number of hydrogen-bond acceptors (Lipinski definition) is 4. The van der Waals surface area contributed by atoms with Crippen molar-refractivity contribution in [3.63, 3.8) is 0 Å². The maximum absolute atomic E-state index is 15.2. The van der Waals surface area contributed by atoms with Crippen LogP contribution in [0.3, 0.4) is 0 Å². The molecule has 7 nitrogen and oxygen atoms in total. The van der Waals surface area contributed by atoms with Gasteiger partial charge in [0, 0.05) is 29.7 Å². The smallest absolute Gasteiger partial charge is 0.341 e. The van der Waals surface area contributed by atoms with E-state index in [2.05, 4.69) is 23.8 Å². The summed E-state index contributed by atoms with van der Waals surface area (Å²) in [5, 5.41) is 9.47. The van der Waals surface area contributed by atoms with E-state index in [-0.39, 0.29) is 27.5 Å². The first-order valence-corrected chi connectivity index (χ1v) is 18.6. The highest BCUT2D eigenvalue weighted by molar-refractivity contribution is 7.89. The number of nitrogens with one attached hydrogen (secondary N) is 1. The molecule has 0 amide bonds. The molecule has 0 bridgehead atoms. The highest BCUT2D eigenvalue weighted by Crippen LogP contribution is 2.38. The molecule has 0 spiro atoms. The second kappa shape index (κ2) is 17.6. The summed E-state index contributed by atoms with van der Waals surface area (Å²) in [5.41, 5.74) is 0.0278. The molecule has 0 aliphatic heterocycles. The predicted molar refractivity (Wildman–Crippen MR) is 183 cm³/mol. The topological polar surface area (TPSA) is 105 Å². The molecule has 1 aliphatic rings. The Hall–Kier alpha value is -3.30. The van der Waals surface area contributed by atoms with Gasteiger partial charge in [0.15, 0.2) is 0 Å². The largest absolute Gasteiger partial charge is 0.477 e. The Morgan fingerprint density at radius 1 is 0.913 bits per heavy atom. The summed E-state index contributed by atoms with van der Waals surface area (Å²) in [7, 11) is -3.71. The molecule has 1 aliphatic carbocycles. The Bertz CT molecular complexity index is 1640. The number of unbranched alkanes of at least 4 members (excludes halogenated alkanes) is 12. The standard InChI is InChI=1S/C37H49FN2O5S/c1-2-3-4-5-6-7-8-9-10-11-12-13-14-15-16-17-24-39-46(44,45)30-22-18-28(19-23-30)31-26-35-32(25-34(31)38)36(41)33(37(42)43)27-40(35)29-20-21-29/h10-11,18-19,22-23,25-27,29,39H,2-9,12-17,20-21,24H2,1H3,(H,42,43)/b11-10-. The highest BCUT2D eigenvalue weighted by atomic mass is 32.2. The van der Waals surface area contributed by atoms with E-state index in [1.807, 2.05) is 0 Å². The Morgan fingerprint density at radius 3 is 2.09 bits per heavy atom. The van der Waals surface area contributed by atoms with Crippen molar-refractivity contribution in [3.8, 4) is 11.1 Å². The molecule has 3 aromatic rings. The molecule has 1 fully saturated rings. The fourth-order valence-electron chi connectivity index (χ4n) is 5.87. The minimum atomic E-state index is -3.71. The third-order valence-electron chi connectivity index (χ3n) is 8.75. The van der Waals surface area contributed by atoms with Crippen LogP contribution in [0.4, 0.5) is 4.39 Å². The zero-order valence-electron chi connectivity index (χ0n) is 27.1. The normalized spacial score (nSPS) is 13.6. The molecule has 9 heteroatoms. The summed E-state index contributed by atoms with van der Waals surface area (Å²) in [4.78, 5) is 24.4. The number of pyridine rings is 1. The quantitative estimate of drug-likeness (QED) is 0.0882. The number of aromatic carboxylic acids is 1. The van der Waals surface area contributed by atoms with E-state index in [1.165, 1.54) is 69.7 Å². The minimum Gasteiger partial charge on any atom is -0.477 e. The molecule has 0 saturated heterocycles. The number of aromatic nitrogens is 1. The number of carboxylic acids is 1. The maximum atomic E-state index is 15.2. The number of halogens is 1. The molecule has 1 aromatic heterocycles. The van der Waals surface area contributed by atoms with Gasteiger partial charge in [0.25, 0.3) is 0 Å². The van der Waals surface area contributed by atoms with Crippen LogP contribution < -0.4 is 10.2 Å². The van der Waals surface area contributed by atoms with Gasteiger partial charge in [0.05, 0.1) is 10.4 Å². The lowest BCUT2D eigenvalue weighted by Crippen LogP contribution is -2.24. The van der Waals surface area contributed by atoms with E-state index in [0.29, 0.717) is 17.6 Å². The van der Waals surface area contributed by atoms with Gasteiger partial charge in [-0.15, -0.1) is 0 Å². The summed E-state index contributed by atoms with van der Waals surface area (Å²) < 4.78 is 45.3. The van der Waals surface area contributed by atoms with Crippen LogP contribution in [-0.4, -0.2) is 30.6 Å². The predicted octanol–water partition coefficient (Wildman–Crippen LogP) is 9.16. The number of benzene rings is 2. The van der Waals surface area contributed by atoms with Crippen LogP contribution in [0.2, 0.25) is 0 Å². The Labute approximate surface area is 273 Å². The molecular weight excluding hydrogens is 603 g/mol. The molecule has 2 N–H and O–H groups in total. The molecule has 1 saturated carbocycles. The van der Waals surface area contributed by atoms with Crippen molar-refractivity contribution >= 4 is 26.9 Å². The fourth-order valence-corrected chi connectivity index (χ4v) is 6.95. The number of rotatable bonds is 21. The van der Waals surface area contributed by atoms with Crippen LogP contribution >= 0.6 is 0 Å². The first kappa shape index (κ1) is 35.6. The molecule has 0 unspecified atom stereocenters. The zero-order chi connectivity index (χ0) is 32.9. The van der Waals surface area contributed by atoms with Crippen LogP contribution in [0.1, 0.15) is 126 Å². The van der Waals surface area contributed by atoms with Crippen LogP contribution in [0, 0.1) is 5.82 Å². The molecule has 0 atom stereocenters. The van der Waals surface area contributed by atoms with Crippen molar-refractivity contribution in [3.05, 3.63) is 76.4 Å². The van der Waals surface area contributed by atoms with Gasteiger partial charge >= 0.3 is 5.97 Å². The number of allylic oxidation sites excluding steroid dienone is 2. The molecule has 4 rings (SSSR count). The van der Waals surface area contributed by atoms with Crippen molar-refractivity contribution in [2.24, 2.45) is 0 Å². The fraction of sp³-hybridized carbons (Fsp3) is 0.514. The van der Waals surface area contributed by atoms with Gasteiger partial charge < -0.3 is 9.67 Å². The Balaban J connectivity index is 1.21. The van der Waals surface area contributed by atoms with Crippen LogP contribution in [0.5, 0.6) is 0 Å². The number of fused-ring (bicyclic) bond motifs is 1. The first-order valence-electron chi connectivity index (χ1n) is 17.1. The van der Waals surface area contributed by atoms with E-state index in [0.717, 1.165) is 57.4 Å². The highest BCUT2D eigenvalue weighted by Gasteiger charge is 2.27. The number of nitrogens with zero attached hydrogens (tertiary/aromatic N) is 1. The van der Waals surface area contributed by atoms with Gasteiger partial charge in [0.1, 0.15) is 11.4 Å². The number of sulfonamides is 1. The van der Waals surface area contributed by atoms with Gasteiger partial charge in [-0.05, 0) is 74.8 Å². The van der Waals surface area contributed by atoms with Crippen LogP contribution in [0.15, 0.2) is 64.4 Å². The Kier molecular flexibility index (Phi) is 13.6. The summed E-state index contributed by atoms with van der Waals surface area (Å²) in [6.45, 7) is 2.61. The van der Waals surface area contributed by atoms with Crippen molar-refractivity contribution < 1.29 is 22.7 Å². The average molecular weight is 653 g/mol. The summed E-state index contributed by atoms with van der Waals surface area (Å²) >= 11 is 0.